The van der Waals surface area contributed by atoms with Gasteiger partial charge in [0, 0.05) is 0 Å². The van der Waals surface area contributed by atoms with E-state index in [1.165, 1.54) is 29.6 Å². The molecule has 0 fully saturated rings. The van der Waals surface area contributed by atoms with E-state index in [1.54, 1.807) is 25.1 Å². The van der Waals surface area contributed by atoms with Gasteiger partial charge in [0.15, 0.2) is 5.78 Å². The Morgan fingerprint density at radius 3 is 1.79 bits per heavy atom. The molecule has 2 heterocycles. The van der Waals surface area contributed by atoms with Gasteiger partial charge in [0.25, 0.3) is 0 Å². The van der Waals surface area contributed by atoms with Gasteiger partial charge in [0.2, 0.25) is 0 Å². The number of rotatable bonds is 2. The molecule has 0 radical (unpaired) electrons. The zero-order valence-corrected chi connectivity index (χ0v) is 13.3. The minimum absolute atomic E-state index is 0.0758. The topological polar surface area (TPSA) is 49.7 Å². The molecule has 0 aromatic carbocycles. The van der Waals surface area contributed by atoms with Crippen molar-refractivity contribution in [1.82, 2.24) is 0 Å². The third kappa shape index (κ3) is 5.32. The Kier molecular flexibility index (Phi) is 6.51. The molecule has 2 rings (SSSR count). The number of Topliss-reactive ketones (excluding diaryl/α,β-unsaturated/α-hetero) is 1. The number of carbonyl (C=O) groups excluding carboxylic acids is 1. The van der Waals surface area contributed by atoms with E-state index in [0.29, 0.717) is 14.4 Å². The zero-order chi connectivity index (χ0) is 14.4. The van der Waals surface area contributed by atoms with Crippen molar-refractivity contribution in [3.05, 3.63) is 42.7 Å². The van der Waals surface area contributed by atoms with Gasteiger partial charge in [-0.05, 0) is 38.1 Å². The van der Waals surface area contributed by atoms with E-state index in [0.717, 1.165) is 9.75 Å². The third-order valence-electron chi connectivity index (χ3n) is 2.00. The second kappa shape index (κ2) is 7.65. The molecule has 7 heteroatoms. The minimum Gasteiger partial charge on any atom is -0.411 e. The SMILES string of the molecule is C/C(=N\O)c1ccc(Cl)s1.CC(=O)c1ccc(Cl)s1. The van der Waals surface area contributed by atoms with Crippen LogP contribution in [0.1, 0.15) is 28.4 Å². The predicted octanol–water partition coefficient (Wildman–Crippen LogP) is 5.20. The van der Waals surface area contributed by atoms with Gasteiger partial charge in [-0.1, -0.05) is 28.4 Å². The molecule has 1 N–H and O–H groups in total. The molecule has 0 aliphatic heterocycles. The number of hydrogen-bond donors (Lipinski definition) is 1. The van der Waals surface area contributed by atoms with Crippen molar-refractivity contribution in [2.24, 2.45) is 5.16 Å². The second-order valence-electron chi connectivity index (χ2n) is 3.45. The second-order valence-corrected chi connectivity index (χ2v) is 6.88. The number of carbonyl (C=O) groups is 1. The molecule has 0 unspecified atom stereocenters. The number of nitrogens with zero attached hydrogens (tertiary/aromatic N) is 1. The van der Waals surface area contributed by atoms with Crippen LogP contribution in [0, 0.1) is 0 Å². The summed E-state index contributed by atoms with van der Waals surface area (Å²) in [5.74, 6) is 0.0758. The normalized spacial score (nSPS) is 10.8. The highest BCUT2D eigenvalue weighted by Gasteiger charge is 2.01. The summed E-state index contributed by atoms with van der Waals surface area (Å²) in [6.07, 6.45) is 0. The number of thiophene rings is 2. The van der Waals surface area contributed by atoms with E-state index < -0.39 is 0 Å². The van der Waals surface area contributed by atoms with Crippen molar-refractivity contribution < 1.29 is 10.0 Å². The van der Waals surface area contributed by atoms with Crippen LogP contribution < -0.4 is 0 Å². The molecule has 0 saturated carbocycles. The molecule has 2 aromatic heterocycles. The van der Waals surface area contributed by atoms with E-state index in [-0.39, 0.29) is 5.78 Å². The highest BCUT2D eigenvalue weighted by atomic mass is 35.5. The van der Waals surface area contributed by atoms with Crippen LogP contribution in [0.25, 0.3) is 0 Å². The molecule has 0 saturated heterocycles. The minimum atomic E-state index is 0.0758. The molecule has 0 aliphatic carbocycles. The summed E-state index contributed by atoms with van der Waals surface area (Å²) in [6.45, 7) is 3.25. The quantitative estimate of drug-likeness (QED) is 0.354. The van der Waals surface area contributed by atoms with Gasteiger partial charge >= 0.3 is 0 Å². The van der Waals surface area contributed by atoms with Crippen LogP contribution in [0.2, 0.25) is 8.67 Å². The molecular weight excluding hydrogens is 325 g/mol. The number of hydrogen-bond acceptors (Lipinski definition) is 5. The summed E-state index contributed by atoms with van der Waals surface area (Å²) in [4.78, 5) is 12.2. The van der Waals surface area contributed by atoms with Gasteiger partial charge in [0.1, 0.15) is 0 Å². The maximum absolute atomic E-state index is 10.6. The van der Waals surface area contributed by atoms with Crippen molar-refractivity contribution in [2.45, 2.75) is 13.8 Å². The predicted molar refractivity (Wildman–Crippen MR) is 82.7 cm³/mol. The smallest absolute Gasteiger partial charge is 0.169 e. The lowest BCUT2D eigenvalue weighted by Gasteiger charge is -1.87. The molecule has 0 atom stereocenters. The molecule has 0 spiro atoms. The van der Waals surface area contributed by atoms with Crippen molar-refractivity contribution in [3.63, 3.8) is 0 Å². The van der Waals surface area contributed by atoms with E-state index in [9.17, 15) is 4.79 Å². The van der Waals surface area contributed by atoms with Crippen LogP contribution in [-0.2, 0) is 0 Å². The van der Waals surface area contributed by atoms with Crippen LogP contribution in [0.4, 0.5) is 0 Å². The Hall–Kier alpha value is -0.880. The van der Waals surface area contributed by atoms with Crippen molar-refractivity contribution in [2.75, 3.05) is 0 Å². The number of ketones is 1. The lowest BCUT2D eigenvalue weighted by atomic mass is 10.3. The molecule has 2 aromatic rings. The first kappa shape index (κ1) is 16.2. The van der Waals surface area contributed by atoms with Gasteiger partial charge < -0.3 is 5.21 Å². The number of halogens is 2. The van der Waals surface area contributed by atoms with Crippen LogP contribution in [0.3, 0.4) is 0 Å². The average Bonchev–Trinajstić information content (AvgIpc) is 2.98. The zero-order valence-electron chi connectivity index (χ0n) is 10.2. The van der Waals surface area contributed by atoms with Crippen LogP contribution in [0.15, 0.2) is 29.4 Å². The highest BCUT2D eigenvalue weighted by molar-refractivity contribution is 7.18. The fourth-order valence-corrected chi connectivity index (χ4v) is 2.98. The molecule has 0 amide bonds. The van der Waals surface area contributed by atoms with Crippen molar-refractivity contribution in [3.8, 4) is 0 Å². The molecule has 3 nitrogen and oxygen atoms in total. The Morgan fingerprint density at radius 1 is 1.05 bits per heavy atom. The number of oxime groups is 1. The first-order valence-corrected chi connectivity index (χ1v) is 7.53. The van der Waals surface area contributed by atoms with Crippen LogP contribution >= 0.6 is 45.9 Å². The van der Waals surface area contributed by atoms with E-state index >= 15 is 0 Å². The molecule has 102 valence electrons. The summed E-state index contributed by atoms with van der Waals surface area (Å²) in [6, 6.07) is 7.05. The van der Waals surface area contributed by atoms with Crippen molar-refractivity contribution >= 4 is 57.4 Å². The Bertz CT molecular complexity index is 590. The standard InChI is InChI=1S/C6H6ClNOS.C6H5ClOS/c1-4(8-9)5-2-3-6(7)10-5;1-4(8)5-2-3-6(7)9-5/h2-3,9H,1H3;2-3H,1H3/b8-4+;. The summed E-state index contributed by atoms with van der Waals surface area (Å²) < 4.78 is 1.37. The monoisotopic (exact) mass is 335 g/mol. The highest BCUT2D eigenvalue weighted by Crippen LogP contribution is 2.22. The van der Waals surface area contributed by atoms with E-state index in [2.05, 4.69) is 5.16 Å². The lowest BCUT2D eigenvalue weighted by molar-refractivity contribution is 0.102. The van der Waals surface area contributed by atoms with Gasteiger partial charge in [0.05, 0.1) is 24.1 Å². The first-order chi connectivity index (χ1) is 8.93. The first-order valence-electron chi connectivity index (χ1n) is 5.14. The lowest BCUT2D eigenvalue weighted by Crippen LogP contribution is -1.87. The Balaban J connectivity index is 0.000000191. The van der Waals surface area contributed by atoms with Crippen LogP contribution in [0.5, 0.6) is 0 Å². The fourth-order valence-electron chi connectivity index (χ4n) is 1.06. The Labute approximate surface area is 129 Å². The maximum Gasteiger partial charge on any atom is 0.169 e. The fraction of sp³-hybridized carbons (Fsp3) is 0.167. The third-order valence-corrected chi connectivity index (χ3v) is 4.67. The molecular formula is C12H11Cl2NO2S2. The van der Waals surface area contributed by atoms with Gasteiger partial charge in [-0.25, -0.2) is 0 Å². The van der Waals surface area contributed by atoms with Crippen molar-refractivity contribution in [1.29, 1.82) is 0 Å². The van der Waals surface area contributed by atoms with Gasteiger partial charge in [-0.2, -0.15) is 0 Å². The van der Waals surface area contributed by atoms with Crippen LogP contribution in [-0.4, -0.2) is 16.7 Å². The summed E-state index contributed by atoms with van der Waals surface area (Å²) in [5, 5.41) is 11.4. The van der Waals surface area contributed by atoms with E-state index in [1.807, 2.05) is 6.07 Å². The average molecular weight is 336 g/mol. The molecule has 0 aliphatic rings. The largest absolute Gasteiger partial charge is 0.411 e. The van der Waals surface area contributed by atoms with Gasteiger partial charge in [-0.3, -0.25) is 4.79 Å². The molecule has 19 heavy (non-hydrogen) atoms. The Morgan fingerprint density at radius 2 is 1.53 bits per heavy atom. The summed E-state index contributed by atoms with van der Waals surface area (Å²) in [7, 11) is 0. The van der Waals surface area contributed by atoms with E-state index in [4.69, 9.17) is 28.4 Å². The van der Waals surface area contributed by atoms with Gasteiger partial charge in [-0.15, -0.1) is 22.7 Å². The molecule has 0 bridgehead atoms. The summed E-state index contributed by atoms with van der Waals surface area (Å²) >= 11 is 13.9. The maximum atomic E-state index is 10.6. The summed E-state index contributed by atoms with van der Waals surface area (Å²) in [5.41, 5.74) is 0.594.